The van der Waals surface area contributed by atoms with Gasteiger partial charge < -0.3 is 9.47 Å². The van der Waals surface area contributed by atoms with Crippen LogP contribution in [0.15, 0.2) is 36.4 Å². The van der Waals surface area contributed by atoms with E-state index >= 15 is 0 Å². The van der Waals surface area contributed by atoms with Gasteiger partial charge in [-0.1, -0.05) is 24.3 Å². The third-order valence-corrected chi connectivity index (χ3v) is 3.55. The molecule has 1 aliphatic rings. The zero-order valence-corrected chi connectivity index (χ0v) is 11.8. The molecular weight excluding hydrogens is 252 g/mol. The van der Waals surface area contributed by atoms with Gasteiger partial charge in [0.2, 0.25) is 0 Å². The number of carbonyl (C=O) groups is 1. The standard InChI is InChI=1S/C17H18O3/c1-11(2)20-17(18)15-6-5-12-7-14(16-9-19-10-16)4-3-13(12)8-15/h3-8,11,16H,9-10H2,1-2H3. The molecule has 0 bridgehead atoms. The van der Waals surface area contributed by atoms with E-state index < -0.39 is 0 Å². The van der Waals surface area contributed by atoms with Crippen molar-refractivity contribution in [2.75, 3.05) is 13.2 Å². The van der Waals surface area contributed by atoms with Gasteiger partial charge in [-0.3, -0.25) is 0 Å². The van der Waals surface area contributed by atoms with Crippen LogP contribution in [-0.2, 0) is 9.47 Å². The summed E-state index contributed by atoms with van der Waals surface area (Å²) in [6.07, 6.45) is -0.0980. The van der Waals surface area contributed by atoms with E-state index in [0.717, 1.165) is 24.0 Å². The molecular formula is C17H18O3. The van der Waals surface area contributed by atoms with Crippen LogP contribution >= 0.6 is 0 Å². The summed E-state index contributed by atoms with van der Waals surface area (Å²) < 4.78 is 10.4. The van der Waals surface area contributed by atoms with Gasteiger partial charge in [0.05, 0.1) is 24.9 Å². The van der Waals surface area contributed by atoms with Crippen molar-refractivity contribution in [3.63, 3.8) is 0 Å². The number of esters is 1. The lowest BCUT2D eigenvalue weighted by atomic mass is 9.94. The summed E-state index contributed by atoms with van der Waals surface area (Å²) in [4.78, 5) is 11.9. The molecule has 20 heavy (non-hydrogen) atoms. The van der Waals surface area contributed by atoms with Gasteiger partial charge in [0.25, 0.3) is 0 Å². The SMILES string of the molecule is CC(C)OC(=O)c1ccc2cc(C3COC3)ccc2c1. The lowest BCUT2D eigenvalue weighted by Gasteiger charge is -2.26. The van der Waals surface area contributed by atoms with Crippen LogP contribution in [0, 0.1) is 0 Å². The first-order chi connectivity index (χ1) is 9.63. The molecule has 3 heteroatoms. The molecule has 1 saturated heterocycles. The first-order valence-corrected chi connectivity index (χ1v) is 6.96. The molecule has 0 radical (unpaired) electrons. The van der Waals surface area contributed by atoms with Gasteiger partial charge in [0, 0.05) is 5.92 Å². The normalized spacial score (nSPS) is 15.3. The molecule has 0 saturated carbocycles. The number of hydrogen-bond donors (Lipinski definition) is 0. The van der Waals surface area contributed by atoms with E-state index in [-0.39, 0.29) is 12.1 Å². The number of carbonyl (C=O) groups excluding carboxylic acids is 1. The Hall–Kier alpha value is -1.87. The second kappa shape index (κ2) is 5.25. The summed E-state index contributed by atoms with van der Waals surface area (Å²) in [6, 6.07) is 12.1. The zero-order valence-electron chi connectivity index (χ0n) is 11.8. The molecule has 2 aromatic rings. The van der Waals surface area contributed by atoms with Gasteiger partial charge in [0.1, 0.15) is 0 Å². The number of ether oxygens (including phenoxy) is 2. The van der Waals surface area contributed by atoms with Crippen LogP contribution in [0.3, 0.4) is 0 Å². The van der Waals surface area contributed by atoms with Gasteiger partial charge in [-0.15, -0.1) is 0 Å². The molecule has 104 valence electrons. The molecule has 3 nitrogen and oxygen atoms in total. The first-order valence-electron chi connectivity index (χ1n) is 6.96. The van der Waals surface area contributed by atoms with Gasteiger partial charge in [-0.2, -0.15) is 0 Å². The molecule has 0 N–H and O–H groups in total. The molecule has 0 aliphatic carbocycles. The highest BCUT2D eigenvalue weighted by atomic mass is 16.5. The van der Waals surface area contributed by atoms with Crippen molar-refractivity contribution in [3.8, 4) is 0 Å². The Morgan fingerprint density at radius 1 is 1.15 bits per heavy atom. The van der Waals surface area contributed by atoms with Crippen LogP contribution < -0.4 is 0 Å². The summed E-state index contributed by atoms with van der Waals surface area (Å²) in [7, 11) is 0. The Kier molecular flexibility index (Phi) is 3.45. The molecule has 0 spiro atoms. The number of benzene rings is 2. The molecule has 1 heterocycles. The highest BCUT2D eigenvalue weighted by Gasteiger charge is 2.20. The molecule has 0 amide bonds. The lowest BCUT2D eigenvalue weighted by Crippen LogP contribution is -2.24. The molecule has 0 atom stereocenters. The fourth-order valence-electron chi connectivity index (χ4n) is 2.36. The Morgan fingerprint density at radius 3 is 2.50 bits per heavy atom. The molecule has 1 fully saturated rings. The monoisotopic (exact) mass is 270 g/mol. The second-order valence-electron chi connectivity index (χ2n) is 5.51. The largest absolute Gasteiger partial charge is 0.459 e. The van der Waals surface area contributed by atoms with E-state index in [1.54, 1.807) is 0 Å². The van der Waals surface area contributed by atoms with Crippen LogP contribution in [-0.4, -0.2) is 25.3 Å². The summed E-state index contributed by atoms with van der Waals surface area (Å²) >= 11 is 0. The van der Waals surface area contributed by atoms with Crippen LogP contribution in [0.25, 0.3) is 10.8 Å². The predicted octanol–water partition coefficient (Wildman–Crippen LogP) is 3.52. The fourth-order valence-corrected chi connectivity index (χ4v) is 2.36. The minimum atomic E-state index is -0.265. The van der Waals surface area contributed by atoms with E-state index in [2.05, 4.69) is 18.2 Å². The molecule has 1 aliphatic heterocycles. The Balaban J connectivity index is 1.90. The van der Waals surface area contributed by atoms with Crippen LogP contribution in [0.2, 0.25) is 0 Å². The smallest absolute Gasteiger partial charge is 0.338 e. The Bertz CT molecular complexity index is 642. The zero-order chi connectivity index (χ0) is 14.1. The molecule has 3 rings (SSSR count). The summed E-state index contributed by atoms with van der Waals surface area (Å²) in [5.74, 6) is 0.253. The van der Waals surface area contributed by atoms with Crippen molar-refractivity contribution >= 4 is 16.7 Å². The van der Waals surface area contributed by atoms with Crippen molar-refractivity contribution in [1.82, 2.24) is 0 Å². The lowest BCUT2D eigenvalue weighted by molar-refractivity contribution is 0.00847. The van der Waals surface area contributed by atoms with Crippen molar-refractivity contribution in [2.45, 2.75) is 25.9 Å². The average molecular weight is 270 g/mol. The molecule has 0 unspecified atom stereocenters. The third-order valence-electron chi connectivity index (χ3n) is 3.55. The van der Waals surface area contributed by atoms with Gasteiger partial charge in [0.15, 0.2) is 0 Å². The Labute approximate surface area is 118 Å². The van der Waals surface area contributed by atoms with E-state index in [9.17, 15) is 4.79 Å². The fraction of sp³-hybridized carbons (Fsp3) is 0.353. The van der Waals surface area contributed by atoms with Crippen molar-refractivity contribution in [3.05, 3.63) is 47.5 Å². The quantitative estimate of drug-likeness (QED) is 0.800. The highest BCUT2D eigenvalue weighted by Crippen LogP contribution is 2.27. The average Bonchev–Trinajstić information content (AvgIpc) is 2.35. The maximum absolute atomic E-state index is 11.9. The minimum absolute atomic E-state index is 0.0980. The topological polar surface area (TPSA) is 35.5 Å². The first kappa shape index (κ1) is 13.1. The summed E-state index contributed by atoms with van der Waals surface area (Å²) in [5.41, 5.74) is 1.91. The van der Waals surface area contributed by atoms with E-state index in [0.29, 0.717) is 11.5 Å². The van der Waals surface area contributed by atoms with Crippen LogP contribution in [0.1, 0.15) is 35.7 Å². The van der Waals surface area contributed by atoms with Crippen LogP contribution in [0.5, 0.6) is 0 Å². The van der Waals surface area contributed by atoms with Gasteiger partial charge in [-0.05, 0) is 42.3 Å². The number of fused-ring (bicyclic) bond motifs is 1. The maximum atomic E-state index is 11.9. The molecule has 2 aromatic carbocycles. The van der Waals surface area contributed by atoms with Crippen LogP contribution in [0.4, 0.5) is 0 Å². The van der Waals surface area contributed by atoms with E-state index in [1.165, 1.54) is 5.56 Å². The van der Waals surface area contributed by atoms with E-state index in [4.69, 9.17) is 9.47 Å². The Morgan fingerprint density at radius 2 is 1.85 bits per heavy atom. The minimum Gasteiger partial charge on any atom is -0.459 e. The second-order valence-corrected chi connectivity index (χ2v) is 5.51. The number of rotatable bonds is 3. The number of hydrogen-bond acceptors (Lipinski definition) is 3. The van der Waals surface area contributed by atoms with Crippen molar-refractivity contribution in [2.24, 2.45) is 0 Å². The molecule has 0 aromatic heterocycles. The predicted molar refractivity (Wildman–Crippen MR) is 78.1 cm³/mol. The van der Waals surface area contributed by atoms with E-state index in [1.807, 2.05) is 32.0 Å². The summed E-state index contributed by atoms with van der Waals surface area (Å²) in [5, 5.41) is 2.21. The third kappa shape index (κ3) is 2.54. The summed E-state index contributed by atoms with van der Waals surface area (Å²) in [6.45, 7) is 5.33. The van der Waals surface area contributed by atoms with Gasteiger partial charge >= 0.3 is 5.97 Å². The highest BCUT2D eigenvalue weighted by molar-refractivity contribution is 5.95. The maximum Gasteiger partial charge on any atom is 0.338 e. The van der Waals surface area contributed by atoms with Crippen molar-refractivity contribution in [1.29, 1.82) is 0 Å². The van der Waals surface area contributed by atoms with Gasteiger partial charge in [-0.25, -0.2) is 4.79 Å². The van der Waals surface area contributed by atoms with Crippen molar-refractivity contribution < 1.29 is 14.3 Å².